The van der Waals surface area contributed by atoms with Gasteiger partial charge in [0.25, 0.3) is 0 Å². The number of aromatic nitrogens is 5. The van der Waals surface area contributed by atoms with Crippen molar-refractivity contribution in [1.82, 2.24) is 24.5 Å². The van der Waals surface area contributed by atoms with Crippen LogP contribution in [0.4, 0.5) is 18.9 Å². The van der Waals surface area contributed by atoms with Gasteiger partial charge in [-0.3, -0.25) is 0 Å². The smallest absolute Gasteiger partial charge is 0.308 e. The molecule has 75 heavy (non-hydrogen) atoms. The Morgan fingerprint density at radius 2 is 0.827 bits per heavy atom. The van der Waals surface area contributed by atoms with Crippen LogP contribution in [0.3, 0.4) is 0 Å². The summed E-state index contributed by atoms with van der Waals surface area (Å²) in [6, 6.07) is 72.7. The van der Waals surface area contributed by atoms with E-state index in [1.54, 1.807) is 24.3 Å². The number of hydrogen-bond acceptors (Lipinski definition) is 5. The molecule has 0 N–H and O–H groups in total. The molecule has 7 nitrogen and oxygen atoms in total. The summed E-state index contributed by atoms with van der Waals surface area (Å²) in [5, 5.41) is 11.6. The SMILES string of the molecule is [C-]#[N+]c1cccc(-c2ccc3c4ccc(-c5cccc(C#N)c5)cc4n(-c4c(-c5cc(-c6ccccc6)nc(-c6ccccc6)n5)cc(C(F)(F)F)cc4-c4cc(-c5ccccc5)nc(-c5ccccc5)n4)c3c2)c1. The Balaban J connectivity index is 1.28. The Labute approximate surface area is 429 Å². The first-order chi connectivity index (χ1) is 36.7. The molecule has 0 radical (unpaired) electrons. The minimum Gasteiger partial charge on any atom is -0.308 e. The van der Waals surface area contributed by atoms with Gasteiger partial charge >= 0.3 is 6.18 Å². The number of hydrogen-bond donors (Lipinski definition) is 0. The first-order valence-corrected chi connectivity index (χ1v) is 24.0. The van der Waals surface area contributed by atoms with Gasteiger partial charge in [-0.15, -0.1) is 0 Å². The average Bonchev–Trinajstić information content (AvgIpc) is 3.94. The van der Waals surface area contributed by atoms with E-state index in [0.29, 0.717) is 62.1 Å². The van der Waals surface area contributed by atoms with Crippen LogP contribution in [0.15, 0.2) is 231 Å². The maximum atomic E-state index is 16.0. The number of benzene rings is 9. The first kappa shape index (κ1) is 45.8. The molecule has 0 aliphatic heterocycles. The predicted octanol–water partition coefficient (Wildman–Crippen LogP) is 17.1. The summed E-state index contributed by atoms with van der Waals surface area (Å²) in [5.41, 5.74) is 9.51. The van der Waals surface area contributed by atoms with Gasteiger partial charge in [0.05, 0.1) is 63.3 Å². The van der Waals surface area contributed by atoms with Gasteiger partial charge in [-0.25, -0.2) is 24.8 Å². The molecule has 12 aromatic rings. The molecule has 354 valence electrons. The van der Waals surface area contributed by atoms with Gasteiger partial charge in [0.2, 0.25) is 0 Å². The summed E-state index contributed by atoms with van der Waals surface area (Å²) in [7, 11) is 0. The van der Waals surface area contributed by atoms with Gasteiger partial charge < -0.3 is 4.57 Å². The zero-order valence-electron chi connectivity index (χ0n) is 39.7. The van der Waals surface area contributed by atoms with Crippen LogP contribution >= 0.6 is 0 Å². The van der Waals surface area contributed by atoms with Crippen molar-refractivity contribution in [2.45, 2.75) is 6.18 Å². The summed E-state index contributed by atoms with van der Waals surface area (Å²) in [6.45, 7) is 7.82. The minimum absolute atomic E-state index is 0.161. The van der Waals surface area contributed by atoms with Crippen molar-refractivity contribution in [1.29, 1.82) is 5.26 Å². The Kier molecular flexibility index (Phi) is 11.6. The molecule has 0 atom stereocenters. The van der Waals surface area contributed by atoms with Crippen LogP contribution in [0.25, 0.3) is 122 Å². The molecule has 0 aliphatic carbocycles. The van der Waals surface area contributed by atoms with Crippen LogP contribution in [-0.2, 0) is 6.18 Å². The van der Waals surface area contributed by atoms with E-state index in [1.165, 1.54) is 12.1 Å². The summed E-state index contributed by atoms with van der Waals surface area (Å²) >= 11 is 0. The molecular formula is C65H38F3N7. The Morgan fingerprint density at radius 1 is 0.413 bits per heavy atom. The number of alkyl halides is 3. The van der Waals surface area contributed by atoms with Crippen LogP contribution in [0.1, 0.15) is 11.1 Å². The third-order valence-corrected chi connectivity index (χ3v) is 13.3. The second-order valence-corrected chi connectivity index (χ2v) is 18.0. The third-order valence-electron chi connectivity index (χ3n) is 13.3. The molecule has 10 heteroatoms. The van der Waals surface area contributed by atoms with Crippen molar-refractivity contribution in [3.8, 4) is 102 Å². The van der Waals surface area contributed by atoms with Crippen molar-refractivity contribution >= 4 is 27.5 Å². The molecule has 0 saturated heterocycles. The van der Waals surface area contributed by atoms with Gasteiger partial charge in [0.15, 0.2) is 17.3 Å². The van der Waals surface area contributed by atoms with Gasteiger partial charge in [-0.2, -0.15) is 18.4 Å². The molecule has 0 unspecified atom stereocenters. The van der Waals surface area contributed by atoms with Crippen molar-refractivity contribution in [3.63, 3.8) is 0 Å². The molecule has 0 aliphatic rings. The van der Waals surface area contributed by atoms with Gasteiger partial charge in [0.1, 0.15) is 0 Å². The van der Waals surface area contributed by atoms with Gasteiger partial charge in [-0.1, -0.05) is 176 Å². The van der Waals surface area contributed by atoms with E-state index < -0.39 is 11.7 Å². The highest BCUT2D eigenvalue weighted by Crippen LogP contribution is 2.47. The maximum absolute atomic E-state index is 16.0. The molecule has 3 aromatic heterocycles. The van der Waals surface area contributed by atoms with Crippen molar-refractivity contribution in [2.24, 2.45) is 0 Å². The lowest BCUT2D eigenvalue weighted by Gasteiger charge is -2.22. The molecular weight excluding hydrogens is 936 g/mol. The second-order valence-electron chi connectivity index (χ2n) is 18.0. The van der Waals surface area contributed by atoms with E-state index in [2.05, 4.69) is 10.9 Å². The molecule has 12 rings (SSSR count). The van der Waals surface area contributed by atoms with Gasteiger partial charge in [0, 0.05) is 44.2 Å². The Hall–Kier alpha value is -10.3. The van der Waals surface area contributed by atoms with Crippen LogP contribution < -0.4 is 0 Å². The van der Waals surface area contributed by atoms with Crippen molar-refractivity contribution < 1.29 is 13.2 Å². The number of fused-ring (bicyclic) bond motifs is 3. The zero-order chi connectivity index (χ0) is 51.0. The van der Waals surface area contributed by atoms with Gasteiger partial charge in [-0.05, 0) is 76.9 Å². The standard InChI is InChI=1S/C65H38F3N7/c1-70-51-27-15-26-47(33-51)49-29-31-53-52-30-28-48(46-25-14-16-41(32-46)40-69)34-60(52)75(61(53)35-49)62-54(58-38-56(42-17-6-2-7-18-42)71-63(73-58)44-21-10-4-11-22-44)36-50(65(66,67)68)37-55(62)59-39-57(43-19-8-3-9-20-43)72-64(74-59)45-23-12-5-13-24-45/h2-39H. The Bertz CT molecular complexity index is 3860. The monoisotopic (exact) mass is 973 g/mol. The number of nitrogens with zero attached hydrogens (tertiary/aromatic N) is 7. The van der Waals surface area contributed by atoms with Crippen molar-refractivity contribution in [2.75, 3.05) is 0 Å². The van der Waals surface area contributed by atoms with Crippen LogP contribution in [0.5, 0.6) is 0 Å². The summed E-state index contributed by atoms with van der Waals surface area (Å²) in [5.74, 6) is 0.640. The fraction of sp³-hybridized carbons (Fsp3) is 0.0154. The fourth-order valence-electron chi connectivity index (χ4n) is 9.69. The lowest BCUT2D eigenvalue weighted by molar-refractivity contribution is -0.137. The van der Waals surface area contributed by atoms with E-state index in [4.69, 9.17) is 26.5 Å². The molecule has 0 bridgehead atoms. The molecule has 0 spiro atoms. The fourth-order valence-corrected chi connectivity index (χ4v) is 9.69. The highest BCUT2D eigenvalue weighted by atomic mass is 19.4. The molecule has 3 heterocycles. The van der Waals surface area contributed by atoms with E-state index in [-0.39, 0.29) is 22.5 Å². The second kappa shape index (κ2) is 19.0. The zero-order valence-corrected chi connectivity index (χ0v) is 39.7. The van der Waals surface area contributed by atoms with Crippen molar-refractivity contribution in [3.05, 3.63) is 253 Å². The molecule has 0 amide bonds. The average molecular weight is 974 g/mol. The normalized spacial score (nSPS) is 11.4. The summed E-state index contributed by atoms with van der Waals surface area (Å²) < 4.78 is 50.1. The number of nitriles is 1. The topological polar surface area (TPSA) is 84.6 Å². The van der Waals surface area contributed by atoms with E-state index in [1.807, 2.05) is 199 Å². The van der Waals surface area contributed by atoms with E-state index >= 15 is 13.2 Å². The number of rotatable bonds is 9. The molecule has 9 aromatic carbocycles. The first-order valence-electron chi connectivity index (χ1n) is 24.0. The summed E-state index contributed by atoms with van der Waals surface area (Å²) in [4.78, 5) is 24.2. The molecule has 0 fully saturated rings. The van der Waals surface area contributed by atoms with E-state index in [9.17, 15) is 5.26 Å². The highest BCUT2D eigenvalue weighted by Gasteiger charge is 2.35. The third kappa shape index (κ3) is 8.84. The minimum atomic E-state index is -4.84. The van der Waals surface area contributed by atoms with Crippen LogP contribution in [0.2, 0.25) is 0 Å². The highest BCUT2D eigenvalue weighted by molar-refractivity contribution is 6.12. The van der Waals surface area contributed by atoms with Crippen LogP contribution in [-0.4, -0.2) is 24.5 Å². The quantitative estimate of drug-likeness (QED) is 0.135. The summed E-state index contributed by atoms with van der Waals surface area (Å²) in [6.07, 6.45) is -4.84. The predicted molar refractivity (Wildman–Crippen MR) is 291 cm³/mol. The Morgan fingerprint density at radius 3 is 1.28 bits per heavy atom. The maximum Gasteiger partial charge on any atom is 0.416 e. The lowest BCUT2D eigenvalue weighted by atomic mass is 9.95. The molecule has 0 saturated carbocycles. The van der Waals surface area contributed by atoms with Crippen LogP contribution in [0, 0.1) is 17.9 Å². The number of halogens is 3. The lowest BCUT2D eigenvalue weighted by Crippen LogP contribution is -2.10. The largest absolute Gasteiger partial charge is 0.416 e. The van der Waals surface area contributed by atoms with E-state index in [0.717, 1.165) is 44.2 Å².